The lowest BCUT2D eigenvalue weighted by Gasteiger charge is -2.18. The van der Waals surface area contributed by atoms with Crippen LogP contribution in [0.25, 0.3) is 0 Å². The molecule has 6 heteroatoms. The molecule has 0 heterocycles. The van der Waals surface area contributed by atoms with Gasteiger partial charge in [-0.3, -0.25) is 0 Å². The molecule has 108 valence electrons. The molecular weight excluding hydrogens is 291 g/mol. The highest BCUT2D eigenvalue weighted by Crippen LogP contribution is 2.27. The first kappa shape index (κ1) is 16.5. The topological polar surface area (TPSA) is 36.9 Å². The number of methoxy groups -OCH3 is 1. The van der Waals surface area contributed by atoms with Gasteiger partial charge in [0.1, 0.15) is 25.3 Å². The second kappa shape index (κ2) is 9.39. The van der Waals surface area contributed by atoms with Crippen LogP contribution in [0.2, 0.25) is 10.0 Å². The van der Waals surface area contributed by atoms with Crippen LogP contribution in [0, 0.1) is 0 Å². The lowest BCUT2D eigenvalue weighted by Crippen LogP contribution is -2.27. The zero-order chi connectivity index (χ0) is 14.1. The van der Waals surface area contributed by atoms with Crippen molar-refractivity contribution in [2.45, 2.75) is 13.0 Å². The maximum Gasteiger partial charge on any atom is 0.147 e. The van der Waals surface area contributed by atoms with Gasteiger partial charge in [0.2, 0.25) is 0 Å². The lowest BCUT2D eigenvalue weighted by atomic mass is 10.3. The Bertz CT molecular complexity index is 374. The molecule has 0 aliphatic rings. The highest BCUT2D eigenvalue weighted by Gasteiger charge is 2.11. The molecule has 1 rings (SSSR count). The highest BCUT2D eigenvalue weighted by molar-refractivity contribution is 6.35. The average Bonchev–Trinajstić information content (AvgIpc) is 2.37. The van der Waals surface area contributed by atoms with E-state index in [2.05, 4.69) is 0 Å². The van der Waals surface area contributed by atoms with Crippen LogP contribution in [0.5, 0.6) is 5.75 Å². The van der Waals surface area contributed by atoms with Gasteiger partial charge in [0, 0.05) is 18.7 Å². The van der Waals surface area contributed by atoms with Crippen molar-refractivity contribution < 1.29 is 18.9 Å². The zero-order valence-corrected chi connectivity index (χ0v) is 12.5. The van der Waals surface area contributed by atoms with Crippen molar-refractivity contribution in [3.63, 3.8) is 0 Å². The minimum atomic E-state index is -0.219. The van der Waals surface area contributed by atoms with E-state index in [1.165, 1.54) is 0 Å². The molecule has 0 amide bonds. The molecule has 0 bridgehead atoms. The second-order valence-corrected chi connectivity index (χ2v) is 4.58. The summed E-state index contributed by atoms with van der Waals surface area (Å²) in [6.45, 7) is 3.45. The van der Waals surface area contributed by atoms with E-state index >= 15 is 0 Å². The van der Waals surface area contributed by atoms with Gasteiger partial charge in [0.15, 0.2) is 0 Å². The molecule has 1 atom stereocenters. The molecule has 1 aromatic carbocycles. The van der Waals surface area contributed by atoms with E-state index < -0.39 is 0 Å². The smallest absolute Gasteiger partial charge is 0.147 e. The standard InChI is InChI=1S/C13H18Cl2O4/c1-3-17-9-19-11(7-16-2)8-18-13-5-4-10(14)6-12(13)15/h4-6,11H,3,7-9H2,1-2H3. The fourth-order valence-electron chi connectivity index (χ4n) is 1.33. The van der Waals surface area contributed by atoms with E-state index in [0.717, 1.165) is 0 Å². The molecule has 19 heavy (non-hydrogen) atoms. The van der Waals surface area contributed by atoms with Crippen LogP contribution in [0.1, 0.15) is 6.92 Å². The van der Waals surface area contributed by atoms with Crippen LogP contribution < -0.4 is 4.74 Å². The third-order valence-electron chi connectivity index (χ3n) is 2.26. The summed E-state index contributed by atoms with van der Waals surface area (Å²) in [4.78, 5) is 0. The number of ether oxygens (including phenoxy) is 4. The van der Waals surface area contributed by atoms with Gasteiger partial charge < -0.3 is 18.9 Å². The normalized spacial score (nSPS) is 12.4. The summed E-state index contributed by atoms with van der Waals surface area (Å²) >= 11 is 11.8. The third-order valence-corrected chi connectivity index (χ3v) is 2.79. The molecule has 0 N–H and O–H groups in total. The van der Waals surface area contributed by atoms with Crippen LogP contribution in [-0.4, -0.2) is 39.8 Å². The summed E-state index contributed by atoms with van der Waals surface area (Å²) in [5, 5.41) is 1.03. The Kier molecular flexibility index (Phi) is 8.18. The second-order valence-electron chi connectivity index (χ2n) is 3.74. The maximum absolute atomic E-state index is 6.01. The Hall–Kier alpha value is -0.520. The first-order valence-electron chi connectivity index (χ1n) is 5.93. The Morgan fingerprint density at radius 2 is 2.00 bits per heavy atom. The number of hydrogen-bond donors (Lipinski definition) is 0. The largest absolute Gasteiger partial charge is 0.489 e. The summed E-state index contributed by atoms with van der Waals surface area (Å²) in [5.74, 6) is 0.562. The van der Waals surface area contributed by atoms with Crippen molar-refractivity contribution in [1.82, 2.24) is 0 Å². The number of rotatable bonds is 9. The lowest BCUT2D eigenvalue weighted by molar-refractivity contribution is -0.114. The minimum absolute atomic E-state index is 0.211. The molecule has 0 saturated carbocycles. The Morgan fingerprint density at radius 3 is 2.63 bits per heavy atom. The molecule has 0 aromatic heterocycles. The van der Waals surface area contributed by atoms with E-state index in [1.54, 1.807) is 25.3 Å². The van der Waals surface area contributed by atoms with Crippen LogP contribution in [0.15, 0.2) is 18.2 Å². The van der Waals surface area contributed by atoms with Gasteiger partial charge in [-0.2, -0.15) is 0 Å². The van der Waals surface area contributed by atoms with Crippen LogP contribution >= 0.6 is 23.2 Å². The number of benzene rings is 1. The van der Waals surface area contributed by atoms with Crippen molar-refractivity contribution in [1.29, 1.82) is 0 Å². The Balaban J connectivity index is 2.45. The van der Waals surface area contributed by atoms with Gasteiger partial charge in [-0.15, -0.1) is 0 Å². The minimum Gasteiger partial charge on any atom is -0.489 e. The van der Waals surface area contributed by atoms with Gasteiger partial charge in [-0.05, 0) is 25.1 Å². The van der Waals surface area contributed by atoms with Crippen molar-refractivity contribution in [3.05, 3.63) is 28.2 Å². The summed E-state index contributed by atoms with van der Waals surface area (Å²) in [5.41, 5.74) is 0. The van der Waals surface area contributed by atoms with Gasteiger partial charge in [-0.1, -0.05) is 23.2 Å². The predicted molar refractivity (Wildman–Crippen MR) is 75.2 cm³/mol. The monoisotopic (exact) mass is 308 g/mol. The molecule has 0 aliphatic heterocycles. The molecular formula is C13H18Cl2O4. The summed E-state index contributed by atoms with van der Waals surface area (Å²) < 4.78 is 21.2. The Labute approximate surface area is 123 Å². The summed E-state index contributed by atoms with van der Waals surface area (Å²) in [6.07, 6.45) is -0.219. The molecule has 0 radical (unpaired) electrons. The van der Waals surface area contributed by atoms with Gasteiger partial charge in [0.05, 0.1) is 11.6 Å². The quantitative estimate of drug-likeness (QED) is 0.517. The first-order chi connectivity index (χ1) is 9.17. The van der Waals surface area contributed by atoms with E-state index in [0.29, 0.717) is 35.6 Å². The van der Waals surface area contributed by atoms with Crippen molar-refractivity contribution >= 4 is 23.2 Å². The summed E-state index contributed by atoms with van der Waals surface area (Å²) in [6, 6.07) is 5.07. The molecule has 0 aliphatic carbocycles. The number of halogens is 2. The fraction of sp³-hybridized carbons (Fsp3) is 0.538. The fourth-order valence-corrected chi connectivity index (χ4v) is 1.80. The van der Waals surface area contributed by atoms with Crippen molar-refractivity contribution in [3.8, 4) is 5.75 Å². The molecule has 0 fully saturated rings. The molecule has 0 spiro atoms. The third kappa shape index (κ3) is 6.45. The zero-order valence-electron chi connectivity index (χ0n) is 11.0. The van der Waals surface area contributed by atoms with Gasteiger partial charge in [-0.25, -0.2) is 0 Å². The van der Waals surface area contributed by atoms with Crippen LogP contribution in [0.4, 0.5) is 0 Å². The SMILES string of the molecule is CCOCOC(COC)COc1ccc(Cl)cc1Cl. The van der Waals surface area contributed by atoms with Crippen LogP contribution in [0.3, 0.4) is 0 Å². The highest BCUT2D eigenvalue weighted by atomic mass is 35.5. The average molecular weight is 309 g/mol. The molecule has 1 aromatic rings. The Morgan fingerprint density at radius 1 is 1.21 bits per heavy atom. The van der Waals surface area contributed by atoms with E-state index in [-0.39, 0.29) is 12.9 Å². The molecule has 0 saturated heterocycles. The van der Waals surface area contributed by atoms with Gasteiger partial charge >= 0.3 is 0 Å². The van der Waals surface area contributed by atoms with Crippen LogP contribution in [-0.2, 0) is 14.2 Å². The first-order valence-corrected chi connectivity index (χ1v) is 6.69. The molecule has 4 nitrogen and oxygen atoms in total. The van der Waals surface area contributed by atoms with Gasteiger partial charge in [0.25, 0.3) is 0 Å². The van der Waals surface area contributed by atoms with Crippen molar-refractivity contribution in [2.75, 3.05) is 33.7 Å². The number of hydrogen-bond acceptors (Lipinski definition) is 4. The molecule has 1 unspecified atom stereocenters. The van der Waals surface area contributed by atoms with Crippen molar-refractivity contribution in [2.24, 2.45) is 0 Å². The summed E-state index contributed by atoms with van der Waals surface area (Å²) in [7, 11) is 1.60. The predicted octanol–water partition coefficient (Wildman–Crippen LogP) is 3.40. The maximum atomic E-state index is 6.01. The van der Waals surface area contributed by atoms with E-state index in [1.807, 2.05) is 6.92 Å². The van der Waals surface area contributed by atoms with E-state index in [9.17, 15) is 0 Å². The van der Waals surface area contributed by atoms with E-state index in [4.69, 9.17) is 42.1 Å².